The molecular weight excluding hydrogens is 188 g/mol. The van der Waals surface area contributed by atoms with E-state index >= 15 is 0 Å². The highest BCUT2D eigenvalue weighted by Crippen LogP contribution is 2.14. The highest BCUT2D eigenvalue weighted by Gasteiger charge is 2.05. The van der Waals surface area contributed by atoms with Gasteiger partial charge in [-0.25, -0.2) is 9.97 Å². The van der Waals surface area contributed by atoms with Crippen molar-refractivity contribution in [2.24, 2.45) is 5.92 Å². The summed E-state index contributed by atoms with van der Waals surface area (Å²) in [4.78, 5) is 12.1. The van der Waals surface area contributed by atoms with Gasteiger partial charge in [0.2, 0.25) is 0 Å². The van der Waals surface area contributed by atoms with Crippen molar-refractivity contribution in [1.29, 1.82) is 0 Å². The maximum Gasteiger partial charge on any atom is 0.179 e. The molecule has 0 bridgehead atoms. The van der Waals surface area contributed by atoms with Crippen molar-refractivity contribution in [3.8, 4) is 0 Å². The number of hydrogen-bond acceptors (Lipinski definition) is 3. The van der Waals surface area contributed by atoms with Crippen molar-refractivity contribution in [3.63, 3.8) is 0 Å². The zero-order valence-electron chi connectivity index (χ0n) is 9.33. The predicted molar refractivity (Wildman–Crippen MR) is 62.0 cm³/mol. The van der Waals surface area contributed by atoms with Crippen LogP contribution in [0.15, 0.2) is 12.1 Å². The first-order chi connectivity index (χ1) is 7.19. The van der Waals surface area contributed by atoms with E-state index in [-0.39, 0.29) is 0 Å². The van der Waals surface area contributed by atoms with Crippen molar-refractivity contribution in [3.05, 3.63) is 18.0 Å². The fourth-order valence-corrected chi connectivity index (χ4v) is 1.57. The lowest BCUT2D eigenvalue weighted by atomic mass is 10.1. The van der Waals surface area contributed by atoms with E-state index in [9.17, 15) is 0 Å². The van der Waals surface area contributed by atoms with Gasteiger partial charge in [-0.15, -0.1) is 0 Å². The monoisotopic (exact) mass is 204 g/mol. The van der Waals surface area contributed by atoms with E-state index in [1.165, 1.54) is 0 Å². The van der Waals surface area contributed by atoms with Gasteiger partial charge in [0.05, 0.1) is 5.52 Å². The van der Waals surface area contributed by atoms with E-state index in [0.717, 1.165) is 29.2 Å². The minimum atomic E-state index is 0.606. The first-order valence-electron chi connectivity index (χ1n) is 5.22. The molecule has 0 fully saturated rings. The third-order valence-electron chi connectivity index (χ3n) is 2.25. The van der Waals surface area contributed by atoms with E-state index in [4.69, 9.17) is 0 Å². The van der Waals surface area contributed by atoms with Crippen LogP contribution in [0.2, 0.25) is 0 Å². The Morgan fingerprint density at radius 2 is 2.13 bits per heavy atom. The van der Waals surface area contributed by atoms with Gasteiger partial charge in [0.25, 0.3) is 0 Å². The summed E-state index contributed by atoms with van der Waals surface area (Å²) in [6.45, 7) is 4.36. The van der Waals surface area contributed by atoms with E-state index in [0.29, 0.717) is 5.92 Å². The summed E-state index contributed by atoms with van der Waals surface area (Å²) in [7, 11) is 1.86. The van der Waals surface area contributed by atoms with Crippen molar-refractivity contribution in [2.75, 3.05) is 12.4 Å². The van der Waals surface area contributed by atoms with Gasteiger partial charge >= 0.3 is 0 Å². The lowest BCUT2D eigenvalue weighted by Crippen LogP contribution is -1.95. The molecule has 0 radical (unpaired) electrons. The molecule has 15 heavy (non-hydrogen) atoms. The van der Waals surface area contributed by atoms with Gasteiger partial charge in [0, 0.05) is 13.5 Å². The quantitative estimate of drug-likeness (QED) is 0.805. The van der Waals surface area contributed by atoms with Crippen LogP contribution in [-0.4, -0.2) is 22.0 Å². The van der Waals surface area contributed by atoms with Crippen molar-refractivity contribution in [2.45, 2.75) is 20.3 Å². The maximum absolute atomic E-state index is 4.45. The second-order valence-electron chi connectivity index (χ2n) is 4.10. The van der Waals surface area contributed by atoms with Crippen LogP contribution >= 0.6 is 0 Å². The van der Waals surface area contributed by atoms with Crippen LogP contribution in [0.25, 0.3) is 11.2 Å². The van der Waals surface area contributed by atoms with E-state index < -0.39 is 0 Å². The molecule has 0 amide bonds. The average molecular weight is 204 g/mol. The number of hydrogen-bond donors (Lipinski definition) is 2. The van der Waals surface area contributed by atoms with Gasteiger partial charge in [0.15, 0.2) is 5.65 Å². The highest BCUT2D eigenvalue weighted by molar-refractivity contribution is 5.72. The number of aromatic amines is 1. The summed E-state index contributed by atoms with van der Waals surface area (Å²) in [5, 5.41) is 3.00. The van der Waals surface area contributed by atoms with Gasteiger partial charge < -0.3 is 10.3 Å². The van der Waals surface area contributed by atoms with Crippen LogP contribution in [0.4, 0.5) is 5.82 Å². The Morgan fingerprint density at radius 3 is 2.80 bits per heavy atom. The molecule has 2 heterocycles. The van der Waals surface area contributed by atoms with Crippen LogP contribution in [-0.2, 0) is 6.42 Å². The Hall–Kier alpha value is -1.58. The Morgan fingerprint density at radius 1 is 1.33 bits per heavy atom. The first kappa shape index (κ1) is 9.96. The van der Waals surface area contributed by atoms with Crippen LogP contribution in [0, 0.1) is 5.92 Å². The summed E-state index contributed by atoms with van der Waals surface area (Å²) in [5.41, 5.74) is 1.79. The number of fused-ring (bicyclic) bond motifs is 1. The van der Waals surface area contributed by atoms with Gasteiger partial charge in [-0.05, 0) is 18.1 Å². The molecule has 4 heteroatoms. The van der Waals surface area contributed by atoms with Gasteiger partial charge in [-0.1, -0.05) is 13.8 Å². The molecule has 0 aliphatic heterocycles. The lowest BCUT2D eigenvalue weighted by Gasteiger charge is -1.98. The summed E-state index contributed by atoms with van der Waals surface area (Å²) in [6, 6.07) is 3.95. The topological polar surface area (TPSA) is 53.6 Å². The second-order valence-corrected chi connectivity index (χ2v) is 4.10. The molecular formula is C11H16N4. The third kappa shape index (κ3) is 2.09. The SMILES string of the molecule is CNc1ccc2[nH]c(CC(C)C)nc2n1. The maximum atomic E-state index is 4.45. The molecule has 4 nitrogen and oxygen atoms in total. The first-order valence-corrected chi connectivity index (χ1v) is 5.22. The summed E-state index contributed by atoms with van der Waals surface area (Å²) in [5.74, 6) is 2.47. The fourth-order valence-electron chi connectivity index (χ4n) is 1.57. The number of rotatable bonds is 3. The molecule has 0 saturated carbocycles. The standard InChI is InChI=1S/C11H16N4/c1-7(2)6-10-13-8-4-5-9(12-3)14-11(8)15-10/h4-5,7H,6H2,1-3H3,(H2,12,13,14,15). The van der Waals surface area contributed by atoms with Gasteiger partial charge in [-0.3, -0.25) is 0 Å². The second kappa shape index (κ2) is 3.88. The van der Waals surface area contributed by atoms with Crippen molar-refractivity contribution >= 4 is 17.0 Å². The van der Waals surface area contributed by atoms with E-state index in [2.05, 4.69) is 34.1 Å². The molecule has 0 aliphatic rings. The largest absolute Gasteiger partial charge is 0.373 e. The average Bonchev–Trinajstić information content (AvgIpc) is 2.57. The molecule has 0 saturated heterocycles. The molecule has 0 aliphatic carbocycles. The summed E-state index contributed by atoms with van der Waals surface area (Å²) >= 11 is 0. The lowest BCUT2D eigenvalue weighted by molar-refractivity contribution is 0.627. The van der Waals surface area contributed by atoms with Gasteiger partial charge in [-0.2, -0.15) is 0 Å². The van der Waals surface area contributed by atoms with Crippen LogP contribution < -0.4 is 5.32 Å². The molecule has 80 valence electrons. The Balaban J connectivity index is 2.37. The molecule has 2 N–H and O–H groups in total. The van der Waals surface area contributed by atoms with Crippen LogP contribution in [0.1, 0.15) is 19.7 Å². The predicted octanol–water partition coefficient (Wildman–Crippen LogP) is 2.20. The molecule has 0 spiro atoms. The molecule has 0 aromatic carbocycles. The molecule has 2 aromatic rings. The normalized spacial score (nSPS) is 11.2. The van der Waals surface area contributed by atoms with Crippen LogP contribution in [0.5, 0.6) is 0 Å². The Bertz CT molecular complexity index is 459. The molecule has 2 rings (SSSR count). The molecule has 0 atom stereocenters. The minimum absolute atomic E-state index is 0.606. The number of nitrogens with zero attached hydrogens (tertiary/aromatic N) is 2. The highest BCUT2D eigenvalue weighted by atomic mass is 15.0. The van der Waals surface area contributed by atoms with Crippen molar-refractivity contribution < 1.29 is 0 Å². The fraction of sp³-hybridized carbons (Fsp3) is 0.455. The van der Waals surface area contributed by atoms with E-state index in [1.54, 1.807) is 0 Å². The number of pyridine rings is 1. The Kier molecular flexibility index (Phi) is 2.58. The van der Waals surface area contributed by atoms with E-state index in [1.807, 2.05) is 19.2 Å². The summed E-state index contributed by atoms with van der Waals surface area (Å²) < 4.78 is 0. The number of aromatic nitrogens is 3. The van der Waals surface area contributed by atoms with Crippen LogP contribution in [0.3, 0.4) is 0 Å². The van der Waals surface area contributed by atoms with Gasteiger partial charge in [0.1, 0.15) is 11.6 Å². The molecule has 0 unspecified atom stereocenters. The smallest absolute Gasteiger partial charge is 0.179 e. The van der Waals surface area contributed by atoms with Crippen molar-refractivity contribution in [1.82, 2.24) is 15.0 Å². The molecule has 2 aromatic heterocycles. The Labute approximate surface area is 89.1 Å². The number of H-pyrrole nitrogens is 1. The third-order valence-corrected chi connectivity index (χ3v) is 2.25. The zero-order valence-corrected chi connectivity index (χ0v) is 9.33. The minimum Gasteiger partial charge on any atom is -0.373 e. The number of anilines is 1. The summed E-state index contributed by atoms with van der Waals surface area (Å²) in [6.07, 6.45) is 0.964. The zero-order chi connectivity index (χ0) is 10.8. The number of nitrogens with one attached hydrogen (secondary N) is 2. The number of imidazole rings is 1.